The molecule has 0 spiro atoms. The van der Waals surface area contributed by atoms with E-state index in [1.807, 2.05) is 36.4 Å². The third kappa shape index (κ3) is 4.75. The van der Waals surface area contributed by atoms with Gasteiger partial charge in [-0.05, 0) is 41.5 Å². The van der Waals surface area contributed by atoms with Gasteiger partial charge >= 0.3 is 0 Å². The highest BCUT2D eigenvalue weighted by Crippen LogP contribution is 2.30. The summed E-state index contributed by atoms with van der Waals surface area (Å²) in [4.78, 5) is 23.3. The molecule has 28 heavy (non-hydrogen) atoms. The lowest BCUT2D eigenvalue weighted by Crippen LogP contribution is -2.14. The standard InChI is InChI=1S/C22H17ClFNO3/c1-14(26)25-17-8-9-18(20(24)12-17)21(27)13-28-22-10-7-16(11-19(22)23)15-5-3-2-4-6-15/h2-12H,13H2,1H3,(H,25,26). The third-order valence-electron chi connectivity index (χ3n) is 3.99. The van der Waals surface area contributed by atoms with Crippen LogP contribution in [0.2, 0.25) is 5.02 Å². The van der Waals surface area contributed by atoms with Crippen LogP contribution in [0.1, 0.15) is 17.3 Å². The van der Waals surface area contributed by atoms with E-state index in [0.717, 1.165) is 17.2 Å². The molecule has 0 fully saturated rings. The summed E-state index contributed by atoms with van der Waals surface area (Å²) in [6, 6.07) is 18.8. The molecule has 1 N–H and O–H groups in total. The van der Waals surface area contributed by atoms with Crippen molar-refractivity contribution in [1.29, 1.82) is 0 Å². The van der Waals surface area contributed by atoms with E-state index in [0.29, 0.717) is 10.8 Å². The van der Waals surface area contributed by atoms with Crippen molar-refractivity contribution in [2.24, 2.45) is 0 Å². The molecule has 0 aliphatic carbocycles. The SMILES string of the molecule is CC(=O)Nc1ccc(C(=O)COc2ccc(-c3ccccc3)cc2Cl)c(F)c1. The first-order chi connectivity index (χ1) is 13.4. The Morgan fingerprint density at radius 1 is 1.00 bits per heavy atom. The number of nitrogens with one attached hydrogen (secondary N) is 1. The second kappa shape index (κ2) is 8.67. The normalized spacial score (nSPS) is 10.4. The lowest BCUT2D eigenvalue weighted by molar-refractivity contribution is -0.114. The number of halogens is 2. The first-order valence-electron chi connectivity index (χ1n) is 8.52. The number of carbonyl (C=O) groups excluding carboxylic acids is 2. The van der Waals surface area contributed by atoms with Crippen molar-refractivity contribution >= 4 is 29.0 Å². The van der Waals surface area contributed by atoms with Crippen molar-refractivity contribution < 1.29 is 18.7 Å². The molecule has 3 aromatic carbocycles. The van der Waals surface area contributed by atoms with Gasteiger partial charge < -0.3 is 10.1 Å². The van der Waals surface area contributed by atoms with Gasteiger partial charge in [-0.25, -0.2) is 4.39 Å². The van der Waals surface area contributed by atoms with Crippen LogP contribution in [0.15, 0.2) is 66.7 Å². The molecule has 3 rings (SSSR count). The number of ether oxygens (including phenoxy) is 1. The number of hydrogen-bond acceptors (Lipinski definition) is 3. The molecule has 4 nitrogen and oxygen atoms in total. The summed E-state index contributed by atoms with van der Waals surface area (Å²) >= 11 is 6.26. The molecule has 0 atom stereocenters. The van der Waals surface area contributed by atoms with Gasteiger partial charge in [0.1, 0.15) is 11.6 Å². The monoisotopic (exact) mass is 397 g/mol. The molecule has 0 aliphatic heterocycles. The van der Waals surface area contributed by atoms with Crippen LogP contribution < -0.4 is 10.1 Å². The number of benzene rings is 3. The van der Waals surface area contributed by atoms with Crippen LogP contribution in [0, 0.1) is 5.82 Å². The minimum Gasteiger partial charge on any atom is -0.484 e. The van der Waals surface area contributed by atoms with Gasteiger partial charge in [-0.2, -0.15) is 0 Å². The first kappa shape index (κ1) is 19.6. The zero-order valence-corrected chi connectivity index (χ0v) is 15.8. The number of hydrogen-bond donors (Lipinski definition) is 1. The largest absolute Gasteiger partial charge is 0.484 e. The number of amides is 1. The zero-order valence-electron chi connectivity index (χ0n) is 15.0. The molecule has 1 amide bonds. The predicted octanol–water partition coefficient (Wildman–Crippen LogP) is 5.37. The molecule has 142 valence electrons. The van der Waals surface area contributed by atoms with Gasteiger partial charge in [0, 0.05) is 12.6 Å². The number of rotatable bonds is 6. The van der Waals surface area contributed by atoms with Crippen molar-refractivity contribution in [3.05, 3.63) is 83.1 Å². The molecule has 0 saturated carbocycles. The molecule has 0 unspecified atom stereocenters. The fourth-order valence-corrected chi connectivity index (χ4v) is 2.91. The van der Waals surface area contributed by atoms with Crippen molar-refractivity contribution in [2.45, 2.75) is 6.92 Å². The van der Waals surface area contributed by atoms with E-state index in [-0.39, 0.29) is 23.8 Å². The predicted molar refractivity (Wildman–Crippen MR) is 107 cm³/mol. The highest BCUT2D eigenvalue weighted by molar-refractivity contribution is 6.32. The number of ketones is 1. The quantitative estimate of drug-likeness (QED) is 0.569. The van der Waals surface area contributed by atoms with Gasteiger partial charge in [-0.15, -0.1) is 0 Å². The lowest BCUT2D eigenvalue weighted by atomic mass is 10.1. The highest BCUT2D eigenvalue weighted by atomic mass is 35.5. The fraction of sp³-hybridized carbons (Fsp3) is 0.0909. The number of anilines is 1. The molecular formula is C22H17ClFNO3. The summed E-state index contributed by atoms with van der Waals surface area (Å²) in [5, 5.41) is 2.81. The minimum absolute atomic E-state index is 0.119. The summed E-state index contributed by atoms with van der Waals surface area (Å²) in [7, 11) is 0. The average molecular weight is 398 g/mol. The second-order valence-electron chi connectivity index (χ2n) is 6.10. The molecule has 0 bridgehead atoms. The Balaban J connectivity index is 1.68. The van der Waals surface area contributed by atoms with E-state index in [9.17, 15) is 14.0 Å². The third-order valence-corrected chi connectivity index (χ3v) is 4.28. The van der Waals surface area contributed by atoms with E-state index in [1.165, 1.54) is 19.1 Å². The lowest BCUT2D eigenvalue weighted by Gasteiger charge is -2.10. The van der Waals surface area contributed by atoms with Crippen LogP contribution in [0.3, 0.4) is 0 Å². The van der Waals surface area contributed by atoms with Crippen LogP contribution in [-0.2, 0) is 4.79 Å². The summed E-state index contributed by atoms with van der Waals surface area (Å²) in [5.74, 6) is -1.25. The molecule has 3 aromatic rings. The maximum atomic E-state index is 14.1. The zero-order chi connectivity index (χ0) is 20.1. The van der Waals surface area contributed by atoms with E-state index >= 15 is 0 Å². The Hall–Kier alpha value is -3.18. The molecule has 0 aromatic heterocycles. The summed E-state index contributed by atoms with van der Waals surface area (Å²) < 4.78 is 19.6. The van der Waals surface area contributed by atoms with Crippen molar-refractivity contribution in [2.75, 3.05) is 11.9 Å². The van der Waals surface area contributed by atoms with Gasteiger partial charge in [0.25, 0.3) is 0 Å². The van der Waals surface area contributed by atoms with Crippen molar-refractivity contribution in [1.82, 2.24) is 0 Å². The maximum absolute atomic E-state index is 14.1. The second-order valence-corrected chi connectivity index (χ2v) is 6.51. The van der Waals surface area contributed by atoms with Gasteiger partial charge in [-0.1, -0.05) is 48.0 Å². The van der Waals surface area contributed by atoms with Crippen LogP contribution in [0.5, 0.6) is 5.75 Å². The van der Waals surface area contributed by atoms with E-state index in [1.54, 1.807) is 12.1 Å². The van der Waals surface area contributed by atoms with Crippen molar-refractivity contribution in [3.8, 4) is 16.9 Å². The fourth-order valence-electron chi connectivity index (χ4n) is 2.67. The molecule has 0 heterocycles. The van der Waals surface area contributed by atoms with E-state index in [4.69, 9.17) is 16.3 Å². The van der Waals surface area contributed by atoms with Crippen molar-refractivity contribution in [3.63, 3.8) is 0 Å². The smallest absolute Gasteiger partial charge is 0.221 e. The van der Waals surface area contributed by atoms with Crippen LogP contribution >= 0.6 is 11.6 Å². The summed E-state index contributed by atoms with van der Waals surface area (Å²) in [6.45, 7) is 0.957. The Bertz CT molecular complexity index is 1020. The molecule has 0 saturated heterocycles. The summed E-state index contributed by atoms with van der Waals surface area (Å²) in [5.41, 5.74) is 2.09. The van der Waals surface area contributed by atoms with Crippen LogP contribution in [0.25, 0.3) is 11.1 Å². The average Bonchev–Trinajstić information content (AvgIpc) is 2.67. The van der Waals surface area contributed by atoms with Gasteiger partial charge in [0.15, 0.2) is 6.61 Å². The molecular weight excluding hydrogens is 381 g/mol. The van der Waals surface area contributed by atoms with E-state index in [2.05, 4.69) is 5.32 Å². The first-order valence-corrected chi connectivity index (χ1v) is 8.90. The van der Waals surface area contributed by atoms with E-state index < -0.39 is 11.6 Å². The Morgan fingerprint density at radius 3 is 2.39 bits per heavy atom. The molecule has 0 aliphatic rings. The Labute approximate surface area is 166 Å². The van der Waals surface area contributed by atoms with Crippen LogP contribution in [0.4, 0.5) is 10.1 Å². The topological polar surface area (TPSA) is 55.4 Å². The number of carbonyl (C=O) groups is 2. The van der Waals surface area contributed by atoms with Gasteiger partial charge in [0.2, 0.25) is 11.7 Å². The van der Waals surface area contributed by atoms with Gasteiger partial charge in [0.05, 0.1) is 10.6 Å². The number of Topliss-reactive ketones (excluding diaryl/α,β-unsaturated/α-hetero) is 1. The van der Waals surface area contributed by atoms with Crippen LogP contribution in [-0.4, -0.2) is 18.3 Å². The Kier molecular flexibility index (Phi) is 6.06. The molecule has 6 heteroatoms. The minimum atomic E-state index is -0.731. The molecule has 0 radical (unpaired) electrons. The summed E-state index contributed by atoms with van der Waals surface area (Å²) in [6.07, 6.45) is 0. The Morgan fingerprint density at radius 2 is 1.75 bits per heavy atom. The highest BCUT2D eigenvalue weighted by Gasteiger charge is 2.14. The van der Waals surface area contributed by atoms with Gasteiger partial charge in [-0.3, -0.25) is 9.59 Å². The maximum Gasteiger partial charge on any atom is 0.221 e.